The van der Waals surface area contributed by atoms with Gasteiger partial charge < -0.3 is 5.32 Å². The number of nitroso groups, excluding NO2 is 1. The lowest BCUT2D eigenvalue weighted by atomic mass is 9.98. The van der Waals surface area contributed by atoms with Crippen LogP contribution in [0.3, 0.4) is 0 Å². The topological polar surface area (TPSA) is 117 Å². The van der Waals surface area contributed by atoms with Gasteiger partial charge in [0.2, 0.25) is 11.0 Å². The van der Waals surface area contributed by atoms with Gasteiger partial charge in [0.15, 0.2) is 0 Å². The minimum atomic E-state index is -0.832. The lowest BCUT2D eigenvalue weighted by Gasteiger charge is -2.24. The summed E-state index contributed by atoms with van der Waals surface area (Å²) in [5, 5.41) is 15.9. The highest BCUT2D eigenvalue weighted by molar-refractivity contribution is 7.13. The molecule has 0 radical (unpaired) electrons. The highest BCUT2D eigenvalue weighted by Gasteiger charge is 2.28. The van der Waals surface area contributed by atoms with Gasteiger partial charge in [-0.05, 0) is 5.92 Å². The Morgan fingerprint density at radius 1 is 1.55 bits per heavy atom. The van der Waals surface area contributed by atoms with Crippen LogP contribution in [0, 0.1) is 10.8 Å². The summed E-state index contributed by atoms with van der Waals surface area (Å²) in [5.74, 6) is -0.526. The molecule has 0 saturated carbocycles. The zero-order chi connectivity index (χ0) is 16.5. The standard InChI is InChI=1S/C11H17ClN6O3S/c1-3-7(2)8(9(19)15-10-16-13-6-22-10)14-11(20)18(17-21)5-4-12/h6-8H,3-5H2,1-2H3,(H,14,20)(H,15,16,19)/t7-,8-/m0/s1. The van der Waals surface area contributed by atoms with E-state index in [0.717, 1.165) is 11.3 Å². The summed E-state index contributed by atoms with van der Waals surface area (Å²) in [4.78, 5) is 34.9. The summed E-state index contributed by atoms with van der Waals surface area (Å²) in [6.45, 7) is 3.66. The lowest BCUT2D eigenvalue weighted by molar-refractivity contribution is -0.119. The summed E-state index contributed by atoms with van der Waals surface area (Å²) in [5.41, 5.74) is 1.48. The Kier molecular flexibility index (Phi) is 7.67. The Hall–Kier alpha value is -1.81. The second kappa shape index (κ2) is 9.26. The largest absolute Gasteiger partial charge is 0.341 e. The number of urea groups is 1. The fraction of sp³-hybridized carbons (Fsp3) is 0.636. The highest BCUT2D eigenvalue weighted by atomic mass is 35.5. The number of hydrogen-bond donors (Lipinski definition) is 2. The zero-order valence-electron chi connectivity index (χ0n) is 12.2. The molecule has 0 bridgehead atoms. The Labute approximate surface area is 136 Å². The highest BCUT2D eigenvalue weighted by Crippen LogP contribution is 2.13. The van der Waals surface area contributed by atoms with Gasteiger partial charge in [-0.25, -0.2) is 4.79 Å². The average Bonchev–Trinajstić information content (AvgIpc) is 3.01. The third-order valence-electron chi connectivity index (χ3n) is 2.99. The van der Waals surface area contributed by atoms with Crippen LogP contribution in [0.25, 0.3) is 0 Å². The number of amides is 3. The van der Waals surface area contributed by atoms with Gasteiger partial charge in [-0.2, -0.15) is 5.01 Å². The van der Waals surface area contributed by atoms with Crippen LogP contribution in [-0.4, -0.2) is 45.6 Å². The smallest absolute Gasteiger partial charge is 0.324 e. The monoisotopic (exact) mass is 348 g/mol. The summed E-state index contributed by atoms with van der Waals surface area (Å²) in [6.07, 6.45) is 0.651. The first-order valence-electron chi connectivity index (χ1n) is 6.57. The SMILES string of the molecule is CC[C@H](C)[C@H](NC(=O)N(CCCl)N=O)C(=O)Nc1nncs1. The van der Waals surface area contributed by atoms with Gasteiger partial charge in [-0.15, -0.1) is 26.7 Å². The number of aromatic nitrogens is 2. The van der Waals surface area contributed by atoms with Crippen molar-refractivity contribution in [1.29, 1.82) is 0 Å². The van der Waals surface area contributed by atoms with Crippen LogP contribution < -0.4 is 10.6 Å². The summed E-state index contributed by atoms with van der Waals surface area (Å²) < 4.78 is 0. The number of nitrogens with zero attached hydrogens (tertiary/aromatic N) is 4. The molecule has 1 aromatic heterocycles. The maximum absolute atomic E-state index is 12.3. The van der Waals surface area contributed by atoms with Gasteiger partial charge in [-0.3, -0.25) is 10.1 Å². The number of nitrogens with one attached hydrogen (secondary N) is 2. The van der Waals surface area contributed by atoms with Gasteiger partial charge in [-0.1, -0.05) is 31.6 Å². The predicted octanol–water partition coefficient (Wildman–Crippen LogP) is 1.82. The number of anilines is 1. The molecule has 2 atom stereocenters. The van der Waals surface area contributed by atoms with Crippen molar-refractivity contribution >= 4 is 40.0 Å². The fourth-order valence-corrected chi connectivity index (χ4v) is 2.19. The molecule has 0 aliphatic rings. The molecular weight excluding hydrogens is 332 g/mol. The molecular formula is C11H17ClN6O3S. The van der Waals surface area contributed by atoms with Gasteiger partial charge >= 0.3 is 6.03 Å². The van der Waals surface area contributed by atoms with E-state index in [4.69, 9.17) is 11.6 Å². The van der Waals surface area contributed by atoms with E-state index in [2.05, 4.69) is 26.1 Å². The number of rotatable bonds is 8. The van der Waals surface area contributed by atoms with Gasteiger partial charge in [0.25, 0.3) is 0 Å². The van der Waals surface area contributed by atoms with E-state index in [1.54, 1.807) is 0 Å². The molecule has 1 aromatic rings. The number of halogens is 1. The van der Waals surface area contributed by atoms with E-state index in [1.165, 1.54) is 5.51 Å². The molecule has 11 heteroatoms. The van der Waals surface area contributed by atoms with Crippen LogP contribution in [0.5, 0.6) is 0 Å². The maximum atomic E-state index is 12.3. The van der Waals surface area contributed by atoms with Gasteiger partial charge in [0.05, 0.1) is 11.8 Å². The first kappa shape index (κ1) is 18.2. The quantitative estimate of drug-likeness (QED) is 0.422. The Morgan fingerprint density at radius 2 is 2.27 bits per heavy atom. The van der Waals surface area contributed by atoms with Crippen LogP contribution in [0.15, 0.2) is 10.8 Å². The molecule has 122 valence electrons. The number of hydrogen-bond acceptors (Lipinski definition) is 7. The van der Waals surface area contributed by atoms with E-state index in [9.17, 15) is 14.5 Å². The van der Waals surface area contributed by atoms with Crippen LogP contribution >= 0.6 is 22.9 Å². The molecule has 0 aliphatic carbocycles. The van der Waals surface area contributed by atoms with Crippen LogP contribution in [0.4, 0.5) is 9.93 Å². The molecule has 0 fully saturated rings. The van der Waals surface area contributed by atoms with Crippen molar-refractivity contribution in [3.63, 3.8) is 0 Å². The molecule has 3 amide bonds. The van der Waals surface area contributed by atoms with E-state index in [1.807, 2.05) is 13.8 Å². The fourth-order valence-electron chi connectivity index (χ4n) is 1.58. The minimum Gasteiger partial charge on any atom is -0.324 e. The Morgan fingerprint density at radius 3 is 2.77 bits per heavy atom. The molecule has 0 saturated heterocycles. The van der Waals surface area contributed by atoms with Crippen molar-refractivity contribution < 1.29 is 9.59 Å². The number of carbonyl (C=O) groups excluding carboxylic acids is 2. The maximum Gasteiger partial charge on any atom is 0.341 e. The van der Waals surface area contributed by atoms with Gasteiger partial charge in [0.1, 0.15) is 11.6 Å². The van der Waals surface area contributed by atoms with Crippen molar-refractivity contribution in [3.05, 3.63) is 10.4 Å². The molecule has 1 rings (SSSR count). The van der Waals surface area contributed by atoms with E-state index >= 15 is 0 Å². The number of carbonyl (C=O) groups is 2. The Balaban J connectivity index is 2.77. The molecule has 9 nitrogen and oxygen atoms in total. The summed E-state index contributed by atoms with van der Waals surface area (Å²) >= 11 is 6.65. The molecule has 0 unspecified atom stereocenters. The van der Waals surface area contributed by atoms with E-state index in [0.29, 0.717) is 16.6 Å². The zero-order valence-corrected chi connectivity index (χ0v) is 13.7. The van der Waals surface area contributed by atoms with Crippen molar-refractivity contribution in [2.45, 2.75) is 26.3 Å². The predicted molar refractivity (Wildman–Crippen MR) is 83.5 cm³/mol. The van der Waals surface area contributed by atoms with Crippen LogP contribution in [0.1, 0.15) is 20.3 Å². The second-order valence-corrected chi connectivity index (χ2v) is 5.65. The molecule has 2 N–H and O–H groups in total. The molecule has 0 spiro atoms. The second-order valence-electron chi connectivity index (χ2n) is 4.44. The first-order chi connectivity index (χ1) is 10.5. The van der Waals surface area contributed by atoms with Crippen molar-refractivity contribution in [3.8, 4) is 0 Å². The third-order valence-corrected chi connectivity index (χ3v) is 3.77. The molecule has 22 heavy (non-hydrogen) atoms. The van der Waals surface area contributed by atoms with E-state index < -0.39 is 18.0 Å². The molecule has 1 heterocycles. The summed E-state index contributed by atoms with van der Waals surface area (Å²) in [6, 6.07) is -1.60. The molecule has 0 aliphatic heterocycles. The van der Waals surface area contributed by atoms with Crippen molar-refractivity contribution in [2.75, 3.05) is 17.7 Å². The lowest BCUT2D eigenvalue weighted by Crippen LogP contribution is -2.51. The first-order valence-corrected chi connectivity index (χ1v) is 7.99. The van der Waals surface area contributed by atoms with Gasteiger partial charge in [0, 0.05) is 5.88 Å². The average molecular weight is 349 g/mol. The molecule has 0 aromatic carbocycles. The normalized spacial score (nSPS) is 13.0. The minimum absolute atomic E-state index is 0.0395. The van der Waals surface area contributed by atoms with E-state index in [-0.39, 0.29) is 18.3 Å². The number of alkyl halides is 1. The third kappa shape index (κ3) is 5.19. The Bertz CT molecular complexity index is 500. The van der Waals surface area contributed by atoms with Crippen molar-refractivity contribution in [1.82, 2.24) is 20.5 Å². The summed E-state index contributed by atoms with van der Waals surface area (Å²) in [7, 11) is 0. The van der Waals surface area contributed by atoms with Crippen LogP contribution in [0.2, 0.25) is 0 Å². The van der Waals surface area contributed by atoms with Crippen LogP contribution in [-0.2, 0) is 4.79 Å². The van der Waals surface area contributed by atoms with Crippen molar-refractivity contribution in [2.24, 2.45) is 11.2 Å².